The zero-order chi connectivity index (χ0) is 18.9. The van der Waals surface area contributed by atoms with Crippen LogP contribution in [0.5, 0.6) is 0 Å². The quantitative estimate of drug-likeness (QED) is 0.551. The van der Waals surface area contributed by atoms with Crippen molar-refractivity contribution in [1.29, 1.82) is 0 Å². The maximum atomic E-state index is 12.7. The Morgan fingerprint density at radius 3 is 1.29 bits per heavy atom. The van der Waals surface area contributed by atoms with Gasteiger partial charge in [-0.25, -0.2) is 0 Å². The first kappa shape index (κ1) is 20.9. The fourth-order valence-corrected chi connectivity index (χ4v) is 2.23. The van der Waals surface area contributed by atoms with E-state index in [4.69, 9.17) is 0 Å². The number of hydrogen-bond donors (Lipinski definition) is 0. The van der Waals surface area contributed by atoms with Crippen LogP contribution in [0.4, 0.5) is 43.9 Å². The van der Waals surface area contributed by atoms with Gasteiger partial charge in [-0.05, 0) is 12.8 Å². The van der Waals surface area contributed by atoms with E-state index in [0.717, 1.165) is 0 Å². The molecule has 1 aliphatic carbocycles. The van der Waals surface area contributed by atoms with Gasteiger partial charge in [-0.2, -0.15) is 4.39 Å². The van der Waals surface area contributed by atoms with Gasteiger partial charge in [0.2, 0.25) is 0 Å². The van der Waals surface area contributed by atoms with Crippen LogP contribution in [0.25, 0.3) is 0 Å². The van der Waals surface area contributed by atoms with Crippen molar-refractivity contribution in [2.45, 2.75) is 50.2 Å². The molecule has 1 rings (SSSR count). The Morgan fingerprint density at radius 1 is 0.708 bits per heavy atom. The highest BCUT2D eigenvalue weighted by atomic mass is 19.4. The van der Waals surface area contributed by atoms with Crippen molar-refractivity contribution in [3.8, 4) is 0 Å². The summed E-state index contributed by atoms with van der Waals surface area (Å²) in [5, 5.41) is 0. The molecular weight excluding hydrogens is 374 g/mol. The van der Waals surface area contributed by atoms with E-state index in [1.165, 1.54) is 0 Å². The van der Waals surface area contributed by atoms with Crippen LogP contribution < -0.4 is 0 Å². The maximum Gasteiger partial charge on any atom is 0.522 e. The van der Waals surface area contributed by atoms with Crippen molar-refractivity contribution in [1.82, 2.24) is 0 Å². The molecule has 0 aliphatic heterocycles. The summed E-state index contributed by atoms with van der Waals surface area (Å²) < 4.78 is 133. The summed E-state index contributed by atoms with van der Waals surface area (Å²) in [4.78, 5) is 10.6. The molecule has 24 heavy (non-hydrogen) atoms. The van der Waals surface area contributed by atoms with Gasteiger partial charge in [0.05, 0.1) is 18.1 Å². The fourth-order valence-electron chi connectivity index (χ4n) is 2.23. The molecule has 0 bridgehead atoms. The zero-order valence-corrected chi connectivity index (χ0v) is 11.1. The Labute approximate surface area is 126 Å². The predicted octanol–water partition coefficient (Wildman–Crippen LogP) is 3.61. The van der Waals surface area contributed by atoms with Crippen LogP contribution in [0.1, 0.15) is 12.8 Å². The van der Waals surface area contributed by atoms with Crippen LogP contribution in [-0.2, 0) is 19.0 Å². The Bertz CT molecular complexity index is 416. The first-order chi connectivity index (χ1) is 10.6. The molecule has 14 heteroatoms. The second-order valence-corrected chi connectivity index (χ2v) is 4.70. The third-order valence-electron chi connectivity index (χ3n) is 2.93. The highest BCUT2D eigenvalue weighted by Gasteiger charge is 2.53. The van der Waals surface area contributed by atoms with Crippen LogP contribution >= 0.6 is 0 Å². The van der Waals surface area contributed by atoms with Crippen molar-refractivity contribution in [3.63, 3.8) is 0 Å². The third kappa shape index (κ3) is 7.17. The molecule has 2 unspecified atom stereocenters. The summed E-state index contributed by atoms with van der Waals surface area (Å²) in [6.45, 7) is 0. The normalized spacial score (nSPS) is 29.6. The monoisotopic (exact) mass is 382 g/mol. The summed E-state index contributed by atoms with van der Waals surface area (Å²) in [5.41, 5.74) is 0. The van der Waals surface area contributed by atoms with E-state index < -0.39 is 62.2 Å². The Hall–Kier alpha value is -1.15. The Kier molecular flexibility index (Phi) is 6.09. The largest absolute Gasteiger partial charge is 0.522 e. The molecule has 0 N–H and O–H groups in total. The van der Waals surface area contributed by atoms with Crippen molar-refractivity contribution in [2.24, 2.45) is 5.92 Å². The van der Waals surface area contributed by atoms with E-state index >= 15 is 0 Å². The molecule has 1 saturated carbocycles. The minimum Gasteiger partial charge on any atom is -0.286 e. The summed E-state index contributed by atoms with van der Waals surface area (Å²) in [7, 11) is 0. The lowest BCUT2D eigenvalue weighted by Crippen LogP contribution is -2.54. The molecule has 0 heterocycles. The van der Waals surface area contributed by atoms with Crippen LogP contribution in [-0.4, -0.2) is 43.4 Å². The molecule has 0 aromatic heterocycles. The molecule has 0 aromatic carbocycles. The van der Waals surface area contributed by atoms with E-state index in [0.29, 0.717) is 0 Å². The molecule has 4 nitrogen and oxygen atoms in total. The van der Waals surface area contributed by atoms with Gasteiger partial charge in [0.1, 0.15) is 6.10 Å². The van der Waals surface area contributed by atoms with E-state index in [2.05, 4.69) is 14.2 Å². The van der Waals surface area contributed by atoms with Crippen LogP contribution in [0.2, 0.25) is 0 Å². The topological polar surface area (TPSA) is 44.8 Å². The van der Waals surface area contributed by atoms with Gasteiger partial charge in [-0.1, -0.05) is 0 Å². The van der Waals surface area contributed by atoms with Gasteiger partial charge in [0.15, 0.2) is 0 Å². The average molecular weight is 382 g/mol. The number of alkyl halides is 9. The van der Waals surface area contributed by atoms with Gasteiger partial charge >= 0.3 is 25.1 Å². The molecule has 142 valence electrons. The molecular formula is C10H8F10O4. The van der Waals surface area contributed by atoms with E-state index in [1.54, 1.807) is 0 Å². The lowest BCUT2D eigenvalue weighted by molar-refractivity contribution is -0.422. The lowest BCUT2D eigenvalue weighted by atomic mass is 9.83. The van der Waals surface area contributed by atoms with Crippen LogP contribution in [0, 0.1) is 5.92 Å². The van der Waals surface area contributed by atoms with E-state index in [9.17, 15) is 48.7 Å². The van der Waals surface area contributed by atoms with Crippen molar-refractivity contribution in [3.05, 3.63) is 0 Å². The van der Waals surface area contributed by atoms with Crippen molar-refractivity contribution in [2.75, 3.05) is 0 Å². The summed E-state index contributed by atoms with van der Waals surface area (Å²) in [5.74, 6) is -2.07. The molecule has 0 aromatic rings. The van der Waals surface area contributed by atoms with Gasteiger partial charge in [0, 0.05) is 0 Å². The number of hydrogen-bond acceptors (Lipinski definition) is 4. The van der Waals surface area contributed by atoms with E-state index in [1.807, 2.05) is 0 Å². The zero-order valence-electron chi connectivity index (χ0n) is 11.1. The van der Waals surface area contributed by atoms with Crippen LogP contribution in [0.3, 0.4) is 0 Å². The Balaban J connectivity index is 3.14. The highest BCUT2D eigenvalue weighted by molar-refractivity contribution is 5.71. The second-order valence-electron chi connectivity index (χ2n) is 4.70. The van der Waals surface area contributed by atoms with Crippen LogP contribution in [0.15, 0.2) is 0 Å². The minimum atomic E-state index is -5.63. The van der Waals surface area contributed by atoms with E-state index in [-0.39, 0.29) is 0 Å². The molecule has 1 aliphatic rings. The number of ether oxygens (including phenoxy) is 3. The first-order valence-electron chi connectivity index (χ1n) is 6.00. The molecule has 2 atom stereocenters. The maximum absolute atomic E-state index is 12.7. The molecule has 0 spiro atoms. The molecule has 0 saturated heterocycles. The molecule has 0 amide bonds. The lowest BCUT2D eigenvalue weighted by Gasteiger charge is -2.40. The van der Waals surface area contributed by atoms with Gasteiger partial charge < -0.3 is 0 Å². The number of rotatable bonds is 4. The van der Waals surface area contributed by atoms with Crippen molar-refractivity contribution < 1.29 is 62.9 Å². The second kappa shape index (κ2) is 7.00. The summed E-state index contributed by atoms with van der Waals surface area (Å²) in [6.07, 6.45) is -27.7. The summed E-state index contributed by atoms with van der Waals surface area (Å²) >= 11 is 0. The predicted molar refractivity (Wildman–Crippen MR) is 51.6 cm³/mol. The smallest absolute Gasteiger partial charge is 0.286 e. The standard InChI is InChI=1S/C10H8F10O4/c11-7(21)3-1-4(22-8(12,13)14)6(24-10(18,19)20)5(2-3)23-9(15,16)17/h3-6H,1-2H2. The van der Waals surface area contributed by atoms with Gasteiger partial charge in [-0.3, -0.25) is 19.0 Å². The minimum absolute atomic E-state index is 1.27. The highest BCUT2D eigenvalue weighted by Crippen LogP contribution is 2.39. The summed E-state index contributed by atoms with van der Waals surface area (Å²) in [6, 6.07) is -2.31. The van der Waals surface area contributed by atoms with Gasteiger partial charge in [0.25, 0.3) is 0 Å². The molecule has 0 radical (unpaired) electrons. The van der Waals surface area contributed by atoms with Crippen molar-refractivity contribution >= 4 is 6.04 Å². The number of carbonyl (C=O) groups is 1. The van der Waals surface area contributed by atoms with Gasteiger partial charge in [-0.15, -0.1) is 39.5 Å². The number of halogens is 10. The first-order valence-corrected chi connectivity index (χ1v) is 6.00. The number of carbonyl (C=O) groups excluding carboxylic acids is 1. The third-order valence-corrected chi connectivity index (χ3v) is 2.93. The SMILES string of the molecule is O=C(F)C1CC(OC(F)(F)F)C(OC(F)(F)F)C(OC(F)(F)F)C1. The average Bonchev–Trinajstić information content (AvgIpc) is 2.27. The Morgan fingerprint density at radius 2 is 1.04 bits per heavy atom. The molecule has 1 fully saturated rings. The fraction of sp³-hybridized carbons (Fsp3) is 0.900.